The van der Waals surface area contributed by atoms with Crippen molar-refractivity contribution in [3.05, 3.63) is 29.8 Å². The number of aliphatic hydroxyl groups excluding tert-OH is 1. The van der Waals surface area contributed by atoms with E-state index < -0.39 is 10.0 Å². The van der Waals surface area contributed by atoms with E-state index in [9.17, 15) is 8.42 Å². The number of sulfonamides is 1. The van der Waals surface area contributed by atoms with Gasteiger partial charge in [0.05, 0.1) is 11.4 Å². The van der Waals surface area contributed by atoms with Crippen LogP contribution in [0.3, 0.4) is 0 Å². The molecule has 0 aromatic heterocycles. The number of nitrogens with one attached hydrogen (secondary N) is 2. The molecule has 0 radical (unpaired) electrons. The number of aliphatic hydroxyl groups is 1. The van der Waals surface area contributed by atoms with Gasteiger partial charge in [-0.05, 0) is 44.0 Å². The maximum atomic E-state index is 11.4. The zero-order valence-electron chi connectivity index (χ0n) is 11.5. The number of benzene rings is 1. The van der Waals surface area contributed by atoms with Gasteiger partial charge in [0, 0.05) is 12.8 Å². The fourth-order valence-electron chi connectivity index (χ4n) is 1.50. The van der Waals surface area contributed by atoms with Gasteiger partial charge in [0.2, 0.25) is 10.0 Å². The molecule has 7 heteroatoms. The molecule has 0 atom stereocenters. The minimum absolute atomic E-state index is 0.0335. The number of anilines is 1. The molecule has 0 unspecified atom stereocenters. The van der Waals surface area contributed by atoms with Crippen molar-refractivity contribution in [1.29, 1.82) is 0 Å². The minimum Gasteiger partial charge on any atom is -0.396 e. The highest BCUT2D eigenvalue weighted by Crippen LogP contribution is 2.11. The van der Waals surface area contributed by atoms with Crippen LogP contribution in [0.5, 0.6) is 0 Å². The molecule has 0 aliphatic rings. The summed E-state index contributed by atoms with van der Waals surface area (Å²) in [5.41, 5.74) is 4.39. The first-order chi connectivity index (χ1) is 9.57. The summed E-state index contributed by atoms with van der Waals surface area (Å²) in [6, 6.07) is 7.06. The van der Waals surface area contributed by atoms with E-state index in [1.54, 1.807) is 30.5 Å². The molecule has 0 bridgehead atoms. The van der Waals surface area contributed by atoms with Crippen molar-refractivity contribution in [2.45, 2.75) is 25.0 Å². The third kappa shape index (κ3) is 6.65. The van der Waals surface area contributed by atoms with Gasteiger partial charge in [-0.25, -0.2) is 13.1 Å². The summed E-state index contributed by atoms with van der Waals surface area (Å²) in [6.45, 7) is 0.207. The first-order valence-electron chi connectivity index (χ1n) is 6.46. The summed E-state index contributed by atoms with van der Waals surface area (Å²) < 4.78 is 25.0. The molecule has 0 aliphatic carbocycles. The third-order valence-corrected chi connectivity index (χ3v) is 3.98. The van der Waals surface area contributed by atoms with Crippen LogP contribution in [0.25, 0.3) is 0 Å². The number of unbranched alkanes of at least 4 members (excludes halogenated alkanes) is 2. The first kappa shape index (κ1) is 16.6. The Kier molecular flexibility index (Phi) is 7.21. The summed E-state index contributed by atoms with van der Waals surface area (Å²) in [4.78, 5) is 0. The van der Waals surface area contributed by atoms with E-state index in [0.717, 1.165) is 30.5 Å². The average molecular weight is 299 g/mol. The van der Waals surface area contributed by atoms with Crippen LogP contribution in [0.2, 0.25) is 0 Å². The summed E-state index contributed by atoms with van der Waals surface area (Å²) in [7, 11) is -1.84. The number of rotatable bonds is 9. The molecular formula is C13H21N3O3S. The van der Waals surface area contributed by atoms with Gasteiger partial charge in [0.15, 0.2) is 0 Å². The van der Waals surface area contributed by atoms with Gasteiger partial charge in [-0.1, -0.05) is 12.1 Å². The topological polar surface area (TPSA) is 90.8 Å². The highest BCUT2D eigenvalue weighted by atomic mass is 32.2. The van der Waals surface area contributed by atoms with E-state index in [1.165, 1.54) is 7.05 Å². The normalized spacial score (nSPS) is 11.9. The zero-order chi connectivity index (χ0) is 14.8. The van der Waals surface area contributed by atoms with Crippen LogP contribution in [0.15, 0.2) is 29.4 Å². The molecule has 0 heterocycles. The van der Waals surface area contributed by atoms with Crippen molar-refractivity contribution in [1.82, 2.24) is 4.72 Å². The Bertz CT molecular complexity index is 512. The van der Waals surface area contributed by atoms with Crippen molar-refractivity contribution in [3.8, 4) is 0 Å². The van der Waals surface area contributed by atoms with Gasteiger partial charge in [-0.2, -0.15) is 5.10 Å². The van der Waals surface area contributed by atoms with Gasteiger partial charge < -0.3 is 5.11 Å². The molecule has 0 saturated carbocycles. The maximum absolute atomic E-state index is 11.4. The molecule has 0 aliphatic heterocycles. The predicted molar refractivity (Wildman–Crippen MR) is 81.2 cm³/mol. The molecule has 0 saturated heterocycles. The molecule has 1 aromatic carbocycles. The van der Waals surface area contributed by atoms with E-state index in [-0.39, 0.29) is 12.4 Å². The number of hydrogen-bond donors (Lipinski definition) is 3. The van der Waals surface area contributed by atoms with Crippen LogP contribution in [-0.2, 0) is 15.8 Å². The van der Waals surface area contributed by atoms with Crippen LogP contribution >= 0.6 is 0 Å². The molecule has 112 valence electrons. The molecule has 0 amide bonds. The van der Waals surface area contributed by atoms with Crippen molar-refractivity contribution in [3.63, 3.8) is 0 Å². The highest BCUT2D eigenvalue weighted by molar-refractivity contribution is 7.88. The molecule has 1 rings (SSSR count). The Balaban J connectivity index is 2.43. The second-order valence-electron chi connectivity index (χ2n) is 4.30. The van der Waals surface area contributed by atoms with E-state index in [2.05, 4.69) is 15.2 Å². The number of hydrogen-bond acceptors (Lipinski definition) is 5. The smallest absolute Gasteiger partial charge is 0.215 e. The summed E-state index contributed by atoms with van der Waals surface area (Å²) in [6.07, 6.45) is 4.25. The molecule has 3 N–H and O–H groups in total. The Morgan fingerprint density at radius 1 is 1.25 bits per heavy atom. The van der Waals surface area contributed by atoms with Gasteiger partial charge in [0.25, 0.3) is 0 Å². The molecule has 20 heavy (non-hydrogen) atoms. The lowest BCUT2D eigenvalue weighted by atomic mass is 10.2. The van der Waals surface area contributed by atoms with Crippen LogP contribution in [-0.4, -0.2) is 33.4 Å². The number of nitrogens with zero attached hydrogens (tertiary/aromatic N) is 1. The average Bonchev–Trinajstić information content (AvgIpc) is 2.44. The van der Waals surface area contributed by atoms with Gasteiger partial charge in [-0.3, -0.25) is 5.43 Å². The van der Waals surface area contributed by atoms with Crippen molar-refractivity contribution in [2.75, 3.05) is 19.1 Å². The van der Waals surface area contributed by atoms with Gasteiger partial charge >= 0.3 is 0 Å². The second kappa shape index (κ2) is 8.68. The first-order valence-corrected chi connectivity index (χ1v) is 8.11. The van der Waals surface area contributed by atoms with E-state index in [0.29, 0.717) is 0 Å². The summed E-state index contributed by atoms with van der Waals surface area (Å²) >= 11 is 0. The zero-order valence-corrected chi connectivity index (χ0v) is 12.4. The lowest BCUT2D eigenvalue weighted by Crippen LogP contribution is -2.20. The fourth-order valence-corrected chi connectivity index (χ4v) is 2.27. The van der Waals surface area contributed by atoms with Crippen LogP contribution in [0.1, 0.15) is 24.8 Å². The SMILES string of the molecule is CNS(=O)(=O)Cc1ccc(N/N=C\CCCCO)cc1. The lowest BCUT2D eigenvalue weighted by molar-refractivity contribution is 0.286. The molecule has 6 nitrogen and oxygen atoms in total. The monoisotopic (exact) mass is 299 g/mol. The summed E-state index contributed by atoms with van der Waals surface area (Å²) in [5, 5.41) is 12.7. The van der Waals surface area contributed by atoms with Gasteiger partial charge in [0.1, 0.15) is 0 Å². The standard InChI is InChI=1S/C13H21N3O3S/c1-14-20(18,19)11-12-5-7-13(8-6-12)16-15-9-3-2-4-10-17/h5-9,14,16-17H,2-4,10-11H2,1H3/b15-9-. The predicted octanol–water partition coefficient (Wildman–Crippen LogP) is 1.30. The molecule has 0 spiro atoms. The van der Waals surface area contributed by atoms with Crippen molar-refractivity contribution < 1.29 is 13.5 Å². The van der Waals surface area contributed by atoms with E-state index in [4.69, 9.17) is 5.11 Å². The minimum atomic E-state index is -3.24. The van der Waals surface area contributed by atoms with Gasteiger partial charge in [-0.15, -0.1) is 0 Å². The Morgan fingerprint density at radius 3 is 2.55 bits per heavy atom. The van der Waals surface area contributed by atoms with Crippen molar-refractivity contribution >= 4 is 21.9 Å². The molecule has 0 fully saturated rings. The maximum Gasteiger partial charge on any atom is 0.215 e. The third-order valence-electron chi connectivity index (χ3n) is 2.65. The van der Waals surface area contributed by atoms with Crippen LogP contribution in [0, 0.1) is 0 Å². The molecule has 1 aromatic rings. The van der Waals surface area contributed by atoms with E-state index in [1.807, 2.05) is 0 Å². The largest absolute Gasteiger partial charge is 0.396 e. The Hall–Kier alpha value is -1.44. The van der Waals surface area contributed by atoms with Crippen molar-refractivity contribution in [2.24, 2.45) is 5.10 Å². The lowest BCUT2D eigenvalue weighted by Gasteiger charge is -2.04. The second-order valence-corrected chi connectivity index (χ2v) is 6.23. The fraction of sp³-hybridized carbons (Fsp3) is 0.462. The Labute approximate surface area is 120 Å². The van der Waals surface area contributed by atoms with Crippen LogP contribution < -0.4 is 10.1 Å². The molecular weight excluding hydrogens is 278 g/mol. The Morgan fingerprint density at radius 2 is 1.95 bits per heavy atom. The van der Waals surface area contributed by atoms with Crippen LogP contribution in [0.4, 0.5) is 5.69 Å². The van der Waals surface area contributed by atoms with E-state index >= 15 is 0 Å². The highest BCUT2D eigenvalue weighted by Gasteiger charge is 2.07. The summed E-state index contributed by atoms with van der Waals surface area (Å²) in [5.74, 6) is -0.0335. The quantitative estimate of drug-likeness (QED) is 0.364. The number of hydrazone groups is 1.